The van der Waals surface area contributed by atoms with Crippen LogP contribution >= 0.6 is 11.3 Å². The van der Waals surface area contributed by atoms with E-state index in [0.29, 0.717) is 12.2 Å². The standard InChI is InChI=1S/C18H17N3O2S/c1-23-14-7-5-13(6-8-14)9-11-20-17(22)16-12-24-18(21-16)15-4-2-3-10-19-15/h2-8,10,12H,9,11H2,1H3,(H,20,22). The average molecular weight is 339 g/mol. The fraction of sp³-hybridized carbons (Fsp3) is 0.167. The Morgan fingerprint density at radius 1 is 1.21 bits per heavy atom. The molecule has 0 saturated heterocycles. The zero-order valence-electron chi connectivity index (χ0n) is 13.2. The second kappa shape index (κ2) is 7.70. The van der Waals surface area contributed by atoms with Crippen molar-refractivity contribution in [3.8, 4) is 16.5 Å². The predicted octanol–water partition coefficient (Wildman–Crippen LogP) is 3.19. The molecule has 5 nitrogen and oxygen atoms in total. The Morgan fingerprint density at radius 2 is 2.04 bits per heavy atom. The fourth-order valence-electron chi connectivity index (χ4n) is 2.19. The summed E-state index contributed by atoms with van der Waals surface area (Å²) in [7, 11) is 1.64. The molecule has 1 amide bonds. The number of pyridine rings is 1. The van der Waals surface area contributed by atoms with Crippen LogP contribution in [0.15, 0.2) is 54.0 Å². The van der Waals surface area contributed by atoms with Gasteiger partial charge in [0, 0.05) is 18.1 Å². The number of carbonyl (C=O) groups excluding carboxylic acids is 1. The molecule has 0 saturated carbocycles. The molecule has 0 spiro atoms. The molecule has 122 valence electrons. The van der Waals surface area contributed by atoms with Crippen LogP contribution in [-0.4, -0.2) is 29.5 Å². The third kappa shape index (κ3) is 3.97. The van der Waals surface area contributed by atoms with Crippen LogP contribution in [0.3, 0.4) is 0 Å². The predicted molar refractivity (Wildman–Crippen MR) is 94.4 cm³/mol. The van der Waals surface area contributed by atoms with Crippen molar-refractivity contribution in [1.82, 2.24) is 15.3 Å². The minimum Gasteiger partial charge on any atom is -0.497 e. The van der Waals surface area contributed by atoms with Crippen molar-refractivity contribution in [2.75, 3.05) is 13.7 Å². The van der Waals surface area contributed by atoms with Gasteiger partial charge in [0.2, 0.25) is 0 Å². The molecule has 0 unspecified atom stereocenters. The number of thiazole rings is 1. The van der Waals surface area contributed by atoms with E-state index in [4.69, 9.17) is 4.74 Å². The Kier molecular flexibility index (Phi) is 5.18. The van der Waals surface area contributed by atoms with E-state index < -0.39 is 0 Å². The van der Waals surface area contributed by atoms with E-state index in [-0.39, 0.29) is 5.91 Å². The Bertz CT molecular complexity index is 801. The average Bonchev–Trinajstić information content (AvgIpc) is 3.13. The van der Waals surface area contributed by atoms with Gasteiger partial charge in [0.25, 0.3) is 5.91 Å². The van der Waals surface area contributed by atoms with Gasteiger partial charge in [0.15, 0.2) is 0 Å². The summed E-state index contributed by atoms with van der Waals surface area (Å²) in [6, 6.07) is 13.4. The maximum absolute atomic E-state index is 12.2. The number of methoxy groups -OCH3 is 1. The normalized spacial score (nSPS) is 10.4. The van der Waals surface area contributed by atoms with Crippen LogP contribution in [0, 0.1) is 0 Å². The summed E-state index contributed by atoms with van der Waals surface area (Å²) in [5.74, 6) is 0.661. The molecule has 2 aromatic heterocycles. The van der Waals surface area contributed by atoms with Crippen molar-refractivity contribution >= 4 is 17.2 Å². The fourth-order valence-corrected chi connectivity index (χ4v) is 2.96. The molecule has 0 radical (unpaired) electrons. The van der Waals surface area contributed by atoms with E-state index in [1.807, 2.05) is 42.5 Å². The minimum absolute atomic E-state index is 0.165. The molecular formula is C18H17N3O2S. The Hall–Kier alpha value is -2.73. The maximum atomic E-state index is 12.2. The number of carbonyl (C=O) groups is 1. The van der Waals surface area contributed by atoms with Crippen LogP contribution in [0.5, 0.6) is 5.75 Å². The van der Waals surface area contributed by atoms with Crippen LogP contribution in [0.2, 0.25) is 0 Å². The topological polar surface area (TPSA) is 64.1 Å². The first-order valence-corrected chi connectivity index (χ1v) is 8.42. The van der Waals surface area contributed by atoms with Gasteiger partial charge in [-0.1, -0.05) is 18.2 Å². The summed E-state index contributed by atoms with van der Waals surface area (Å²) in [6.07, 6.45) is 2.47. The van der Waals surface area contributed by atoms with Gasteiger partial charge in [-0.3, -0.25) is 9.78 Å². The summed E-state index contributed by atoms with van der Waals surface area (Å²) in [6.45, 7) is 0.557. The highest BCUT2D eigenvalue weighted by Gasteiger charge is 2.11. The summed E-state index contributed by atoms with van der Waals surface area (Å²) in [5.41, 5.74) is 2.35. The second-order valence-corrected chi connectivity index (χ2v) is 5.96. The molecule has 1 N–H and O–H groups in total. The number of nitrogens with one attached hydrogen (secondary N) is 1. The lowest BCUT2D eigenvalue weighted by atomic mass is 10.1. The van der Waals surface area contributed by atoms with Crippen LogP contribution in [0.25, 0.3) is 10.7 Å². The third-order valence-corrected chi connectivity index (χ3v) is 4.34. The quantitative estimate of drug-likeness (QED) is 0.749. The molecule has 0 aliphatic rings. The van der Waals surface area contributed by atoms with E-state index in [9.17, 15) is 4.79 Å². The highest BCUT2D eigenvalue weighted by atomic mass is 32.1. The van der Waals surface area contributed by atoms with Gasteiger partial charge >= 0.3 is 0 Å². The molecule has 0 aliphatic carbocycles. The SMILES string of the molecule is COc1ccc(CCNC(=O)c2csc(-c3ccccn3)n2)cc1. The van der Waals surface area contributed by atoms with Crippen molar-refractivity contribution in [2.24, 2.45) is 0 Å². The van der Waals surface area contributed by atoms with Gasteiger partial charge in [-0.2, -0.15) is 0 Å². The van der Waals surface area contributed by atoms with E-state index in [0.717, 1.165) is 28.4 Å². The molecule has 0 atom stereocenters. The molecule has 3 rings (SSSR count). The van der Waals surface area contributed by atoms with E-state index >= 15 is 0 Å². The number of nitrogens with zero attached hydrogens (tertiary/aromatic N) is 2. The molecule has 24 heavy (non-hydrogen) atoms. The van der Waals surface area contributed by atoms with E-state index in [2.05, 4.69) is 15.3 Å². The molecule has 0 bridgehead atoms. The summed E-state index contributed by atoms with van der Waals surface area (Å²) in [4.78, 5) is 20.8. The summed E-state index contributed by atoms with van der Waals surface area (Å²) >= 11 is 1.42. The van der Waals surface area contributed by atoms with Crippen LogP contribution in [-0.2, 0) is 6.42 Å². The van der Waals surface area contributed by atoms with Crippen LogP contribution < -0.4 is 10.1 Å². The van der Waals surface area contributed by atoms with Crippen molar-refractivity contribution in [3.63, 3.8) is 0 Å². The number of benzene rings is 1. The first-order chi connectivity index (χ1) is 11.8. The lowest BCUT2D eigenvalue weighted by Gasteiger charge is -2.05. The maximum Gasteiger partial charge on any atom is 0.270 e. The number of hydrogen-bond acceptors (Lipinski definition) is 5. The minimum atomic E-state index is -0.165. The lowest BCUT2D eigenvalue weighted by Crippen LogP contribution is -2.25. The smallest absolute Gasteiger partial charge is 0.270 e. The van der Waals surface area contributed by atoms with Gasteiger partial charge in [0.05, 0.1) is 12.8 Å². The first kappa shape index (κ1) is 16.1. The van der Waals surface area contributed by atoms with Crippen molar-refractivity contribution in [3.05, 3.63) is 65.3 Å². The molecule has 2 heterocycles. The zero-order valence-corrected chi connectivity index (χ0v) is 14.0. The Labute approximate surface area is 144 Å². The van der Waals surface area contributed by atoms with Crippen molar-refractivity contribution < 1.29 is 9.53 Å². The Balaban J connectivity index is 1.54. The zero-order chi connectivity index (χ0) is 16.8. The Morgan fingerprint density at radius 3 is 2.75 bits per heavy atom. The van der Waals surface area contributed by atoms with Gasteiger partial charge < -0.3 is 10.1 Å². The monoisotopic (exact) mass is 339 g/mol. The number of rotatable bonds is 6. The molecule has 6 heteroatoms. The first-order valence-electron chi connectivity index (χ1n) is 7.54. The number of hydrogen-bond donors (Lipinski definition) is 1. The highest BCUT2D eigenvalue weighted by molar-refractivity contribution is 7.13. The highest BCUT2D eigenvalue weighted by Crippen LogP contribution is 2.21. The third-order valence-electron chi connectivity index (χ3n) is 3.48. The van der Waals surface area contributed by atoms with Crippen LogP contribution in [0.1, 0.15) is 16.1 Å². The largest absolute Gasteiger partial charge is 0.497 e. The second-order valence-electron chi connectivity index (χ2n) is 5.11. The molecule has 0 fully saturated rings. The van der Waals surface area contributed by atoms with Crippen molar-refractivity contribution in [1.29, 1.82) is 0 Å². The summed E-state index contributed by atoms with van der Waals surface area (Å²) in [5, 5.41) is 5.40. The van der Waals surface area contributed by atoms with Crippen molar-refractivity contribution in [2.45, 2.75) is 6.42 Å². The van der Waals surface area contributed by atoms with E-state index in [1.165, 1.54) is 11.3 Å². The number of amides is 1. The molecule has 3 aromatic rings. The van der Waals surface area contributed by atoms with Gasteiger partial charge in [-0.15, -0.1) is 11.3 Å². The lowest BCUT2D eigenvalue weighted by molar-refractivity contribution is 0.0950. The van der Waals surface area contributed by atoms with E-state index in [1.54, 1.807) is 18.7 Å². The van der Waals surface area contributed by atoms with Gasteiger partial charge in [-0.25, -0.2) is 4.98 Å². The molecular weight excluding hydrogens is 322 g/mol. The molecule has 0 aliphatic heterocycles. The number of aromatic nitrogens is 2. The summed E-state index contributed by atoms with van der Waals surface area (Å²) < 4.78 is 5.13. The van der Waals surface area contributed by atoms with Crippen LogP contribution in [0.4, 0.5) is 0 Å². The van der Waals surface area contributed by atoms with Gasteiger partial charge in [-0.05, 0) is 36.2 Å². The molecule has 1 aromatic carbocycles. The number of ether oxygens (including phenoxy) is 1. The van der Waals surface area contributed by atoms with Gasteiger partial charge in [0.1, 0.15) is 16.5 Å².